The number of carboxylic acids is 2. The highest BCUT2D eigenvalue weighted by molar-refractivity contribution is 6.11. The lowest BCUT2D eigenvalue weighted by atomic mass is 9.70. The lowest BCUT2D eigenvalue weighted by molar-refractivity contribution is -0.317. The SMILES string of the molecule is C=C(C(=O)[O-])C(CC(=O)c1cccc2ccccc12)(C(=O)[O-])c1ccccc1. The van der Waals surface area contributed by atoms with Crippen LogP contribution < -0.4 is 10.2 Å². The molecule has 0 aliphatic heterocycles. The minimum atomic E-state index is -2.24. The average Bonchev–Trinajstić information content (AvgIpc) is 2.71. The molecular weight excluding hydrogens is 356 g/mol. The molecule has 5 nitrogen and oxygen atoms in total. The fourth-order valence-corrected chi connectivity index (χ4v) is 3.40. The monoisotopic (exact) mass is 372 g/mol. The van der Waals surface area contributed by atoms with Crippen LogP contribution in [0, 0.1) is 0 Å². The molecule has 5 heteroatoms. The summed E-state index contributed by atoms with van der Waals surface area (Å²) in [7, 11) is 0. The first-order valence-corrected chi connectivity index (χ1v) is 8.56. The van der Waals surface area contributed by atoms with Gasteiger partial charge in [0.05, 0.1) is 17.4 Å². The lowest BCUT2D eigenvalue weighted by Gasteiger charge is -2.37. The highest BCUT2D eigenvalue weighted by Crippen LogP contribution is 2.36. The van der Waals surface area contributed by atoms with Gasteiger partial charge in [0.15, 0.2) is 5.78 Å². The molecule has 3 aromatic rings. The van der Waals surface area contributed by atoms with Crippen LogP contribution in [0.4, 0.5) is 0 Å². The van der Waals surface area contributed by atoms with Crippen LogP contribution in [0.15, 0.2) is 84.9 Å². The van der Waals surface area contributed by atoms with Crippen molar-refractivity contribution in [2.75, 3.05) is 0 Å². The van der Waals surface area contributed by atoms with Crippen LogP contribution in [0.3, 0.4) is 0 Å². The standard InChI is InChI=1S/C23H18O5/c1-15(21(25)26)23(22(27)28,17-10-3-2-4-11-17)14-20(24)19-13-7-9-16-8-5-6-12-18(16)19/h2-13H,1,14H2,(H,25,26)(H,27,28)/p-2. The second-order valence-corrected chi connectivity index (χ2v) is 6.45. The Morgan fingerprint density at radius 3 is 2.07 bits per heavy atom. The van der Waals surface area contributed by atoms with Crippen LogP contribution in [0.2, 0.25) is 0 Å². The molecule has 0 N–H and O–H groups in total. The highest BCUT2D eigenvalue weighted by atomic mass is 16.4. The summed E-state index contributed by atoms with van der Waals surface area (Å²) >= 11 is 0. The van der Waals surface area contributed by atoms with Crippen LogP contribution in [0.1, 0.15) is 22.3 Å². The van der Waals surface area contributed by atoms with Gasteiger partial charge in [0, 0.05) is 12.0 Å². The minimum Gasteiger partial charge on any atom is -0.549 e. The predicted octanol–water partition coefficient (Wildman–Crippen LogP) is 1.41. The van der Waals surface area contributed by atoms with E-state index in [1.165, 1.54) is 12.1 Å². The quantitative estimate of drug-likeness (QED) is 0.461. The van der Waals surface area contributed by atoms with Crippen molar-refractivity contribution in [3.05, 3.63) is 96.1 Å². The maximum absolute atomic E-state index is 13.1. The zero-order chi connectivity index (χ0) is 20.3. The number of rotatable bonds is 7. The summed E-state index contributed by atoms with van der Waals surface area (Å²) in [5, 5.41) is 25.2. The van der Waals surface area contributed by atoms with Crippen molar-refractivity contribution in [3.8, 4) is 0 Å². The maximum Gasteiger partial charge on any atom is 0.165 e. The number of ketones is 1. The molecular formula is C23H16O5-2. The lowest BCUT2D eigenvalue weighted by Crippen LogP contribution is -2.52. The summed E-state index contributed by atoms with van der Waals surface area (Å²) < 4.78 is 0. The molecule has 3 aromatic carbocycles. The van der Waals surface area contributed by atoms with Gasteiger partial charge in [-0.15, -0.1) is 0 Å². The molecule has 0 spiro atoms. The van der Waals surface area contributed by atoms with Crippen molar-refractivity contribution < 1.29 is 24.6 Å². The van der Waals surface area contributed by atoms with E-state index >= 15 is 0 Å². The molecule has 140 valence electrons. The topological polar surface area (TPSA) is 97.3 Å². The van der Waals surface area contributed by atoms with Crippen molar-refractivity contribution >= 4 is 28.5 Å². The third kappa shape index (κ3) is 3.18. The maximum atomic E-state index is 13.1. The van der Waals surface area contributed by atoms with E-state index in [-0.39, 0.29) is 5.56 Å². The Labute approximate surface area is 161 Å². The van der Waals surface area contributed by atoms with Gasteiger partial charge in [-0.05, 0) is 21.9 Å². The van der Waals surface area contributed by atoms with E-state index in [1.54, 1.807) is 42.5 Å². The Kier molecular flexibility index (Phi) is 5.09. The number of hydrogen-bond donors (Lipinski definition) is 0. The first-order chi connectivity index (χ1) is 13.4. The Morgan fingerprint density at radius 2 is 1.43 bits per heavy atom. The van der Waals surface area contributed by atoms with E-state index in [2.05, 4.69) is 6.58 Å². The smallest absolute Gasteiger partial charge is 0.165 e. The summed E-state index contributed by atoms with van der Waals surface area (Å²) in [6.45, 7) is 3.40. The zero-order valence-corrected chi connectivity index (χ0v) is 14.9. The number of Topliss-reactive ketones (excluding diaryl/α,β-unsaturated/α-hetero) is 1. The summed E-state index contributed by atoms with van der Waals surface area (Å²) in [6.07, 6.45) is -0.653. The van der Waals surface area contributed by atoms with Gasteiger partial charge in [0.25, 0.3) is 0 Å². The Hall–Kier alpha value is -3.73. The summed E-state index contributed by atoms with van der Waals surface area (Å²) in [5.41, 5.74) is -2.58. The number of carbonyl (C=O) groups is 3. The second-order valence-electron chi connectivity index (χ2n) is 6.45. The third-order valence-corrected chi connectivity index (χ3v) is 4.89. The molecule has 0 bridgehead atoms. The van der Waals surface area contributed by atoms with Crippen LogP contribution in [0.5, 0.6) is 0 Å². The Balaban J connectivity index is 2.16. The van der Waals surface area contributed by atoms with Crippen molar-refractivity contribution in [1.82, 2.24) is 0 Å². The first-order valence-electron chi connectivity index (χ1n) is 8.56. The largest absolute Gasteiger partial charge is 0.549 e. The van der Waals surface area contributed by atoms with Crippen LogP contribution >= 0.6 is 0 Å². The number of fused-ring (bicyclic) bond motifs is 1. The summed E-state index contributed by atoms with van der Waals surface area (Å²) in [4.78, 5) is 36.9. The van der Waals surface area contributed by atoms with E-state index < -0.39 is 35.1 Å². The van der Waals surface area contributed by atoms with Crippen LogP contribution in [0.25, 0.3) is 10.8 Å². The van der Waals surface area contributed by atoms with Gasteiger partial charge in [-0.2, -0.15) is 0 Å². The predicted molar refractivity (Wildman–Crippen MR) is 100 cm³/mol. The van der Waals surface area contributed by atoms with Crippen molar-refractivity contribution in [2.45, 2.75) is 11.8 Å². The van der Waals surface area contributed by atoms with Gasteiger partial charge >= 0.3 is 0 Å². The molecule has 28 heavy (non-hydrogen) atoms. The number of benzene rings is 3. The normalized spacial score (nSPS) is 12.9. The molecule has 0 aliphatic rings. The van der Waals surface area contributed by atoms with E-state index in [9.17, 15) is 24.6 Å². The molecule has 0 heterocycles. The average molecular weight is 372 g/mol. The van der Waals surface area contributed by atoms with Gasteiger partial charge in [-0.1, -0.05) is 79.4 Å². The van der Waals surface area contributed by atoms with Gasteiger partial charge in [-0.25, -0.2) is 0 Å². The highest BCUT2D eigenvalue weighted by Gasteiger charge is 2.40. The van der Waals surface area contributed by atoms with Crippen molar-refractivity contribution in [1.29, 1.82) is 0 Å². The second kappa shape index (κ2) is 7.48. The Morgan fingerprint density at radius 1 is 0.821 bits per heavy atom. The number of hydrogen-bond acceptors (Lipinski definition) is 5. The minimum absolute atomic E-state index is 0.0952. The van der Waals surface area contributed by atoms with Crippen LogP contribution in [-0.2, 0) is 15.0 Å². The molecule has 0 saturated carbocycles. The van der Waals surface area contributed by atoms with Crippen molar-refractivity contribution in [3.63, 3.8) is 0 Å². The summed E-state index contributed by atoms with van der Waals surface area (Å²) in [6, 6.07) is 19.9. The molecule has 3 rings (SSSR count). The molecule has 1 atom stereocenters. The van der Waals surface area contributed by atoms with Gasteiger partial charge in [0.2, 0.25) is 0 Å². The number of aliphatic carboxylic acids is 2. The number of carbonyl (C=O) groups excluding carboxylic acids is 3. The van der Waals surface area contributed by atoms with Gasteiger partial charge in [-0.3, -0.25) is 4.79 Å². The van der Waals surface area contributed by atoms with E-state index in [4.69, 9.17) is 0 Å². The van der Waals surface area contributed by atoms with E-state index in [1.807, 2.05) is 18.2 Å². The molecule has 0 radical (unpaired) electrons. The summed E-state index contributed by atoms with van der Waals surface area (Å²) in [5.74, 6) is -4.01. The van der Waals surface area contributed by atoms with Crippen LogP contribution in [-0.4, -0.2) is 17.7 Å². The molecule has 0 fully saturated rings. The van der Waals surface area contributed by atoms with Gasteiger partial charge < -0.3 is 19.8 Å². The Bertz CT molecular complexity index is 1080. The number of carboxylic acid groups (broad SMARTS) is 2. The molecule has 0 aromatic heterocycles. The third-order valence-electron chi connectivity index (χ3n) is 4.89. The molecule has 0 aliphatic carbocycles. The first kappa shape index (κ1) is 19.0. The molecule has 0 amide bonds. The fraction of sp³-hybridized carbons (Fsp3) is 0.0870. The molecule has 0 saturated heterocycles. The molecule has 1 unspecified atom stereocenters. The van der Waals surface area contributed by atoms with E-state index in [0.717, 1.165) is 5.39 Å². The van der Waals surface area contributed by atoms with Gasteiger partial charge in [0.1, 0.15) is 0 Å². The fourth-order valence-electron chi connectivity index (χ4n) is 3.40. The van der Waals surface area contributed by atoms with Crippen molar-refractivity contribution in [2.24, 2.45) is 0 Å². The van der Waals surface area contributed by atoms with E-state index in [0.29, 0.717) is 10.9 Å². The zero-order valence-electron chi connectivity index (χ0n) is 14.9.